The SMILES string of the molecule is Cc1nc(CCC(=O)N2CCC3(CC2)C[C@H](c2ccccc2)C(=O)N3)n[nH]1. The van der Waals surface area contributed by atoms with E-state index in [0.717, 1.165) is 30.7 Å². The van der Waals surface area contributed by atoms with Gasteiger partial charge in [-0.25, -0.2) is 4.98 Å². The van der Waals surface area contributed by atoms with Crippen LogP contribution in [-0.2, 0) is 16.0 Å². The summed E-state index contributed by atoms with van der Waals surface area (Å²) in [4.78, 5) is 31.2. The van der Waals surface area contributed by atoms with Crippen LogP contribution in [-0.4, -0.2) is 50.5 Å². The number of benzene rings is 1. The predicted octanol–water partition coefficient (Wildman–Crippen LogP) is 1.71. The Balaban J connectivity index is 1.32. The molecule has 27 heavy (non-hydrogen) atoms. The van der Waals surface area contributed by atoms with Crippen molar-refractivity contribution in [1.82, 2.24) is 25.4 Å². The Bertz CT molecular complexity index is 824. The fraction of sp³-hybridized carbons (Fsp3) is 0.500. The summed E-state index contributed by atoms with van der Waals surface area (Å²) in [5.41, 5.74) is 0.905. The van der Waals surface area contributed by atoms with E-state index in [2.05, 4.69) is 20.5 Å². The summed E-state index contributed by atoms with van der Waals surface area (Å²) in [5.74, 6) is 1.62. The van der Waals surface area contributed by atoms with Crippen molar-refractivity contribution in [3.63, 3.8) is 0 Å². The molecule has 1 aromatic heterocycles. The van der Waals surface area contributed by atoms with Gasteiger partial charge in [0.2, 0.25) is 11.8 Å². The smallest absolute Gasteiger partial charge is 0.228 e. The lowest BCUT2D eigenvalue weighted by Crippen LogP contribution is -2.52. The normalized spacial score (nSPS) is 21.4. The molecule has 2 aromatic rings. The van der Waals surface area contributed by atoms with Gasteiger partial charge >= 0.3 is 0 Å². The molecule has 7 heteroatoms. The van der Waals surface area contributed by atoms with Crippen molar-refractivity contribution in [3.05, 3.63) is 47.5 Å². The lowest BCUT2D eigenvalue weighted by molar-refractivity contribution is -0.132. The van der Waals surface area contributed by atoms with Crippen molar-refractivity contribution in [2.75, 3.05) is 13.1 Å². The number of nitrogens with one attached hydrogen (secondary N) is 2. The molecule has 142 valence electrons. The maximum absolute atomic E-state index is 12.5. The van der Waals surface area contributed by atoms with Gasteiger partial charge in [0.05, 0.1) is 5.92 Å². The molecular weight excluding hydrogens is 342 g/mol. The van der Waals surface area contributed by atoms with E-state index in [1.165, 1.54) is 0 Å². The lowest BCUT2D eigenvalue weighted by atomic mass is 9.82. The Kier molecular flexibility index (Phi) is 4.68. The second-order valence-corrected chi connectivity index (χ2v) is 7.65. The van der Waals surface area contributed by atoms with Gasteiger partial charge in [0.15, 0.2) is 5.82 Å². The summed E-state index contributed by atoms with van der Waals surface area (Å²) in [7, 11) is 0. The average Bonchev–Trinajstić information content (AvgIpc) is 3.24. The maximum Gasteiger partial charge on any atom is 0.228 e. The summed E-state index contributed by atoms with van der Waals surface area (Å²) in [6.07, 6.45) is 3.41. The van der Waals surface area contributed by atoms with Gasteiger partial charge < -0.3 is 10.2 Å². The van der Waals surface area contributed by atoms with Gasteiger partial charge in [0.25, 0.3) is 0 Å². The first-order chi connectivity index (χ1) is 13.0. The number of carbonyl (C=O) groups is 2. The standard InChI is InChI=1S/C20H25N5O2/c1-14-21-17(24-23-14)7-8-18(26)25-11-9-20(10-12-25)13-16(19(27)22-20)15-5-3-2-4-6-15/h2-6,16H,7-13H2,1H3,(H,22,27)(H,21,23,24)/t16-/m1/s1. The highest BCUT2D eigenvalue weighted by Gasteiger charge is 2.46. The second kappa shape index (κ2) is 7.13. The zero-order valence-corrected chi connectivity index (χ0v) is 15.6. The highest BCUT2D eigenvalue weighted by atomic mass is 16.2. The van der Waals surface area contributed by atoms with Crippen molar-refractivity contribution >= 4 is 11.8 Å². The van der Waals surface area contributed by atoms with Crippen LogP contribution in [0.25, 0.3) is 0 Å². The molecule has 3 heterocycles. The number of carbonyl (C=O) groups excluding carboxylic acids is 2. The van der Waals surface area contributed by atoms with E-state index in [-0.39, 0.29) is 23.3 Å². The Hall–Kier alpha value is -2.70. The number of rotatable bonds is 4. The van der Waals surface area contributed by atoms with Gasteiger partial charge in [-0.1, -0.05) is 30.3 Å². The first kappa shape index (κ1) is 17.7. The predicted molar refractivity (Wildman–Crippen MR) is 99.9 cm³/mol. The third-order valence-electron chi connectivity index (χ3n) is 5.78. The summed E-state index contributed by atoms with van der Waals surface area (Å²) in [5, 5.41) is 10.1. The zero-order valence-electron chi connectivity index (χ0n) is 15.6. The molecule has 2 amide bonds. The molecule has 0 bridgehead atoms. The van der Waals surface area contributed by atoms with Crippen LogP contribution >= 0.6 is 0 Å². The summed E-state index contributed by atoms with van der Waals surface area (Å²) < 4.78 is 0. The van der Waals surface area contributed by atoms with Crippen molar-refractivity contribution in [3.8, 4) is 0 Å². The fourth-order valence-corrected chi connectivity index (χ4v) is 4.23. The molecule has 2 aliphatic rings. The first-order valence-corrected chi connectivity index (χ1v) is 9.57. The van der Waals surface area contributed by atoms with Gasteiger partial charge in [0.1, 0.15) is 5.82 Å². The highest BCUT2D eigenvalue weighted by molar-refractivity contribution is 5.87. The minimum absolute atomic E-state index is 0.0811. The first-order valence-electron chi connectivity index (χ1n) is 9.57. The molecule has 7 nitrogen and oxygen atoms in total. The van der Waals surface area contributed by atoms with Crippen LogP contribution in [0, 0.1) is 6.92 Å². The maximum atomic E-state index is 12.5. The van der Waals surface area contributed by atoms with Gasteiger partial charge in [-0.15, -0.1) is 0 Å². The second-order valence-electron chi connectivity index (χ2n) is 7.65. The Morgan fingerprint density at radius 3 is 2.67 bits per heavy atom. The molecule has 0 aliphatic carbocycles. The van der Waals surface area contributed by atoms with Gasteiger partial charge in [-0.2, -0.15) is 5.10 Å². The third kappa shape index (κ3) is 3.72. The van der Waals surface area contributed by atoms with Crippen LogP contribution in [0.4, 0.5) is 0 Å². The van der Waals surface area contributed by atoms with E-state index < -0.39 is 0 Å². The Morgan fingerprint density at radius 1 is 1.26 bits per heavy atom. The molecule has 2 saturated heterocycles. The Morgan fingerprint density at radius 2 is 2.00 bits per heavy atom. The van der Waals surface area contributed by atoms with Gasteiger partial charge in [-0.05, 0) is 31.7 Å². The van der Waals surface area contributed by atoms with Crippen LogP contribution in [0.1, 0.15) is 48.8 Å². The molecule has 1 atom stereocenters. The van der Waals surface area contributed by atoms with Crippen LogP contribution in [0.5, 0.6) is 0 Å². The number of hydrogen-bond acceptors (Lipinski definition) is 4. The zero-order chi connectivity index (χ0) is 18.9. The molecule has 2 aliphatic heterocycles. The van der Waals surface area contributed by atoms with E-state index in [1.54, 1.807) is 0 Å². The monoisotopic (exact) mass is 367 g/mol. The summed E-state index contributed by atoms with van der Waals surface area (Å²) in [6, 6.07) is 9.96. The van der Waals surface area contributed by atoms with E-state index in [0.29, 0.717) is 31.8 Å². The number of aryl methyl sites for hydroxylation is 2. The van der Waals surface area contributed by atoms with Crippen molar-refractivity contribution in [2.45, 2.75) is 50.5 Å². The molecule has 2 N–H and O–H groups in total. The van der Waals surface area contributed by atoms with E-state index in [9.17, 15) is 9.59 Å². The number of amides is 2. The van der Waals surface area contributed by atoms with Gasteiger partial charge in [0, 0.05) is 31.5 Å². The number of aromatic nitrogens is 3. The number of piperidine rings is 1. The van der Waals surface area contributed by atoms with E-state index in [4.69, 9.17) is 0 Å². The van der Waals surface area contributed by atoms with Crippen LogP contribution < -0.4 is 5.32 Å². The number of likely N-dealkylation sites (tertiary alicyclic amines) is 1. The highest BCUT2D eigenvalue weighted by Crippen LogP contribution is 2.39. The molecule has 1 aromatic carbocycles. The van der Waals surface area contributed by atoms with Crippen LogP contribution in [0.3, 0.4) is 0 Å². The molecule has 0 unspecified atom stereocenters. The quantitative estimate of drug-likeness (QED) is 0.861. The molecular formula is C20H25N5O2. The summed E-state index contributed by atoms with van der Waals surface area (Å²) in [6.45, 7) is 3.22. The van der Waals surface area contributed by atoms with E-state index >= 15 is 0 Å². The summed E-state index contributed by atoms with van der Waals surface area (Å²) >= 11 is 0. The number of aromatic amines is 1. The minimum atomic E-state index is -0.171. The molecule has 2 fully saturated rings. The van der Waals surface area contributed by atoms with Crippen LogP contribution in [0.2, 0.25) is 0 Å². The van der Waals surface area contributed by atoms with Crippen molar-refractivity contribution in [1.29, 1.82) is 0 Å². The van der Waals surface area contributed by atoms with Crippen LogP contribution in [0.15, 0.2) is 30.3 Å². The fourth-order valence-electron chi connectivity index (χ4n) is 4.23. The Labute approximate surface area is 158 Å². The minimum Gasteiger partial charge on any atom is -0.350 e. The lowest BCUT2D eigenvalue weighted by Gasteiger charge is -2.39. The number of hydrogen-bond donors (Lipinski definition) is 2. The molecule has 1 spiro atoms. The molecule has 0 radical (unpaired) electrons. The van der Waals surface area contributed by atoms with Crippen molar-refractivity contribution in [2.24, 2.45) is 0 Å². The third-order valence-corrected chi connectivity index (χ3v) is 5.78. The topological polar surface area (TPSA) is 91.0 Å². The molecule has 0 saturated carbocycles. The molecule has 4 rings (SSSR count). The largest absolute Gasteiger partial charge is 0.350 e. The number of nitrogens with zero attached hydrogens (tertiary/aromatic N) is 3. The van der Waals surface area contributed by atoms with Crippen molar-refractivity contribution < 1.29 is 9.59 Å². The van der Waals surface area contributed by atoms with Gasteiger partial charge in [-0.3, -0.25) is 14.7 Å². The number of H-pyrrole nitrogens is 1. The van der Waals surface area contributed by atoms with E-state index in [1.807, 2.05) is 42.2 Å². The average molecular weight is 367 g/mol.